The fraction of sp³-hybridized carbons (Fsp3) is 0.222. The lowest BCUT2D eigenvalue weighted by Crippen LogP contribution is -2.17. The van der Waals surface area contributed by atoms with Gasteiger partial charge in [-0.05, 0) is 89.9 Å². The number of hydrogen-bond donors (Lipinski definition) is 0. The van der Waals surface area contributed by atoms with Crippen molar-refractivity contribution in [2.45, 2.75) is 40.5 Å². The maximum atomic E-state index is 11.9. The molecule has 4 rings (SSSR count). The van der Waals surface area contributed by atoms with Gasteiger partial charge in [-0.3, -0.25) is 19.2 Å². The van der Waals surface area contributed by atoms with Gasteiger partial charge in [-0.1, -0.05) is 97.1 Å². The van der Waals surface area contributed by atoms with E-state index in [9.17, 15) is 19.2 Å². The maximum Gasteiger partial charge on any atom is 0.159 e. The largest absolute Gasteiger partial charge is 0.295 e. The third-order valence-corrected chi connectivity index (χ3v) is 12.6. The van der Waals surface area contributed by atoms with Gasteiger partial charge in [0.05, 0.1) is 0 Å². The van der Waals surface area contributed by atoms with Gasteiger partial charge in [-0.15, -0.1) is 0 Å². The normalized spacial score (nSPS) is 11.1. The molecule has 6 heteroatoms. The smallest absolute Gasteiger partial charge is 0.159 e. The maximum absolute atomic E-state index is 11.9. The predicted molar refractivity (Wildman–Crippen MR) is 177 cm³/mol. The van der Waals surface area contributed by atoms with Crippen molar-refractivity contribution in [1.29, 1.82) is 0 Å². The van der Waals surface area contributed by atoms with Crippen molar-refractivity contribution in [3.05, 3.63) is 119 Å². The number of unbranched alkanes of at least 4 members (excludes halogenated alkanes) is 1. The molecule has 0 saturated carbocycles. The molecule has 0 heterocycles. The molecular weight excluding hydrogens is 558 g/mol. The van der Waals surface area contributed by atoms with Crippen molar-refractivity contribution in [2.24, 2.45) is 0 Å². The summed E-state index contributed by atoms with van der Waals surface area (Å²) in [5, 5.41) is 4.86. The number of hydrogen-bond acceptors (Lipinski definition) is 4. The molecule has 0 bridgehead atoms. The van der Waals surface area contributed by atoms with Crippen molar-refractivity contribution < 1.29 is 19.2 Å². The number of ketones is 4. The van der Waals surface area contributed by atoms with Crippen molar-refractivity contribution in [3.63, 3.8) is 0 Å². The van der Waals surface area contributed by atoms with Crippen LogP contribution in [0.25, 0.3) is 0 Å². The molecule has 0 amide bonds. The van der Waals surface area contributed by atoms with Gasteiger partial charge in [0.2, 0.25) is 0 Å². The Kier molecular flexibility index (Phi) is 10.9. The first kappa shape index (κ1) is 31.4. The van der Waals surface area contributed by atoms with E-state index in [1.54, 1.807) is 27.7 Å². The highest BCUT2D eigenvalue weighted by atomic mass is 31.1. The van der Waals surface area contributed by atoms with E-state index in [2.05, 4.69) is 48.5 Å². The quantitative estimate of drug-likeness (QED) is 0.0966. The highest BCUT2D eigenvalue weighted by molar-refractivity contribution is 7.73. The molecule has 0 radical (unpaired) electrons. The van der Waals surface area contributed by atoms with Crippen LogP contribution in [0.3, 0.4) is 0 Å². The highest BCUT2D eigenvalue weighted by Gasteiger charge is 2.18. The Morgan fingerprint density at radius 3 is 0.738 bits per heavy atom. The van der Waals surface area contributed by atoms with Crippen molar-refractivity contribution >= 4 is 60.2 Å². The van der Waals surface area contributed by atoms with Crippen LogP contribution < -0.4 is 21.2 Å². The zero-order valence-corrected chi connectivity index (χ0v) is 26.4. The number of rotatable bonds is 13. The number of benzene rings is 4. The summed E-state index contributed by atoms with van der Waals surface area (Å²) >= 11 is 0. The Hall–Kier alpha value is -3.58. The lowest BCUT2D eigenvalue weighted by molar-refractivity contribution is 0.100. The van der Waals surface area contributed by atoms with Gasteiger partial charge in [-0.25, -0.2) is 0 Å². The molecule has 214 valence electrons. The number of carbonyl (C=O) groups excluding carboxylic acids is 4. The van der Waals surface area contributed by atoms with Gasteiger partial charge in [0.25, 0.3) is 0 Å². The van der Waals surface area contributed by atoms with E-state index in [0.29, 0.717) is 22.3 Å². The Balaban J connectivity index is 1.55. The molecule has 0 spiro atoms. The van der Waals surface area contributed by atoms with Crippen LogP contribution in [0.5, 0.6) is 0 Å². The molecule has 0 aliphatic carbocycles. The van der Waals surface area contributed by atoms with Gasteiger partial charge in [0, 0.05) is 22.3 Å². The molecule has 4 aromatic carbocycles. The van der Waals surface area contributed by atoms with Crippen molar-refractivity contribution in [2.75, 3.05) is 12.3 Å². The molecule has 0 aliphatic heterocycles. The summed E-state index contributed by atoms with van der Waals surface area (Å²) < 4.78 is 0. The molecule has 4 nitrogen and oxygen atoms in total. The van der Waals surface area contributed by atoms with E-state index in [1.807, 2.05) is 48.5 Å². The Morgan fingerprint density at radius 2 is 0.571 bits per heavy atom. The van der Waals surface area contributed by atoms with E-state index >= 15 is 0 Å². The molecule has 0 unspecified atom stereocenters. The van der Waals surface area contributed by atoms with Gasteiger partial charge in [0.15, 0.2) is 23.1 Å². The predicted octanol–water partition coefficient (Wildman–Crippen LogP) is 6.84. The summed E-state index contributed by atoms with van der Waals surface area (Å²) in [4.78, 5) is 47.4. The molecule has 0 fully saturated rings. The third-order valence-electron chi connectivity index (χ3n) is 7.36. The fourth-order valence-electron chi connectivity index (χ4n) is 4.86. The minimum Gasteiger partial charge on any atom is -0.295 e. The average Bonchev–Trinajstić information content (AvgIpc) is 2.99. The summed E-state index contributed by atoms with van der Waals surface area (Å²) in [6, 6.07) is 31.8. The van der Waals surface area contributed by atoms with E-state index in [1.165, 1.54) is 21.2 Å². The molecule has 0 saturated heterocycles. The lowest BCUT2D eigenvalue weighted by Gasteiger charge is -2.22. The molecule has 4 aromatic rings. The van der Waals surface area contributed by atoms with Crippen LogP contribution in [0.2, 0.25) is 0 Å². The van der Waals surface area contributed by atoms with E-state index < -0.39 is 15.8 Å². The van der Waals surface area contributed by atoms with E-state index in [4.69, 9.17) is 0 Å². The van der Waals surface area contributed by atoms with Crippen molar-refractivity contribution in [1.82, 2.24) is 0 Å². The number of carbonyl (C=O) groups is 4. The van der Waals surface area contributed by atoms with Gasteiger partial charge < -0.3 is 0 Å². The zero-order valence-electron chi connectivity index (χ0n) is 24.6. The van der Waals surface area contributed by atoms with Crippen LogP contribution in [-0.4, -0.2) is 35.5 Å². The Morgan fingerprint density at radius 1 is 0.381 bits per heavy atom. The first-order chi connectivity index (χ1) is 20.1. The minimum atomic E-state index is -0.667. The van der Waals surface area contributed by atoms with Gasteiger partial charge in [-0.2, -0.15) is 0 Å². The van der Waals surface area contributed by atoms with E-state index in [-0.39, 0.29) is 23.1 Å². The van der Waals surface area contributed by atoms with Crippen LogP contribution in [-0.2, 0) is 0 Å². The van der Waals surface area contributed by atoms with Crippen LogP contribution in [0, 0.1) is 0 Å². The second-order valence-corrected chi connectivity index (χ2v) is 15.1. The fourth-order valence-corrected chi connectivity index (χ4v) is 9.60. The average molecular weight is 595 g/mol. The Labute approximate surface area is 251 Å². The molecule has 0 atom stereocenters. The minimum absolute atomic E-state index is 0.0534. The summed E-state index contributed by atoms with van der Waals surface area (Å²) in [7, 11) is -1.33. The van der Waals surface area contributed by atoms with Crippen LogP contribution in [0.4, 0.5) is 0 Å². The first-order valence-corrected chi connectivity index (χ1v) is 17.2. The molecule has 0 aromatic heterocycles. The summed E-state index contributed by atoms with van der Waals surface area (Å²) in [6.45, 7) is 6.32. The molecule has 42 heavy (non-hydrogen) atoms. The molecular formula is C36H36O4P2. The SMILES string of the molecule is CC(=O)c1ccc(P(CCCCP(c2ccc(C(C)=O)cc2)c2ccc(C(C)=O)cc2)c2ccc(C(C)=O)cc2)cc1. The summed E-state index contributed by atoms with van der Waals surface area (Å²) in [5.74, 6) is 0.214. The number of Topliss-reactive ketones (excluding diaryl/α,β-unsaturated/α-hetero) is 4. The third kappa shape index (κ3) is 8.03. The van der Waals surface area contributed by atoms with Gasteiger partial charge in [0.1, 0.15) is 0 Å². The lowest BCUT2D eigenvalue weighted by atomic mass is 10.1. The zero-order chi connectivity index (χ0) is 30.2. The topological polar surface area (TPSA) is 68.3 Å². The van der Waals surface area contributed by atoms with Gasteiger partial charge >= 0.3 is 0 Å². The summed E-state index contributed by atoms with van der Waals surface area (Å²) in [6.07, 6.45) is 4.02. The molecule has 0 aliphatic rings. The summed E-state index contributed by atoms with van der Waals surface area (Å²) in [5.41, 5.74) is 2.83. The van der Waals surface area contributed by atoms with Crippen molar-refractivity contribution in [3.8, 4) is 0 Å². The monoisotopic (exact) mass is 594 g/mol. The molecule has 0 N–H and O–H groups in total. The first-order valence-electron chi connectivity index (χ1n) is 14.1. The highest BCUT2D eigenvalue weighted by Crippen LogP contribution is 2.38. The standard InChI is InChI=1S/C36H36O4P2/c1-25(37)29-7-15-33(16-8-29)41(34-17-9-30(10-18-34)26(2)38)23-5-6-24-42(35-19-11-31(12-20-35)27(3)39)36-21-13-32(14-22-36)28(4)40/h7-22H,5-6,23-24H2,1-4H3. The Bertz CT molecular complexity index is 1320. The van der Waals surface area contributed by atoms with Crippen LogP contribution in [0.15, 0.2) is 97.1 Å². The second-order valence-electron chi connectivity index (χ2n) is 10.4. The van der Waals surface area contributed by atoms with E-state index in [0.717, 1.165) is 25.2 Å². The van der Waals surface area contributed by atoms with Crippen LogP contribution in [0.1, 0.15) is 82.0 Å². The second kappa shape index (κ2) is 14.5. The van der Waals surface area contributed by atoms with Crippen LogP contribution >= 0.6 is 15.8 Å².